The number of nitrogens with zero attached hydrogens (tertiary/aromatic N) is 1. The van der Waals surface area contributed by atoms with Gasteiger partial charge in [0, 0.05) is 38.2 Å². The Morgan fingerprint density at radius 1 is 1.15 bits per heavy atom. The molecule has 5 rings (SSSR count). The number of furan rings is 1. The Kier molecular flexibility index (Phi) is 6.47. The normalized spacial score (nSPS) is 20.6. The van der Waals surface area contributed by atoms with Crippen LogP contribution in [0.1, 0.15) is 58.5 Å². The molecule has 2 fully saturated rings. The standard InChI is InChI=1S/C28H34N2O4/c1-19-5-6-21(20(2)14-19)18-30-11-9-28(32,10-12-30)23-7-8-25-22(15-23)16-26(34-25)27(31)29-17-24-4-3-13-33-24/h5-8,14-16,24,32H,3-4,9-13,17-18H2,1-2H3,(H,29,31)/t24-/m0/s1. The van der Waals surface area contributed by atoms with Crippen molar-refractivity contribution in [3.8, 4) is 0 Å². The fraction of sp³-hybridized carbons (Fsp3) is 0.464. The lowest BCUT2D eigenvalue weighted by Crippen LogP contribution is -2.42. The first-order valence-corrected chi connectivity index (χ1v) is 12.3. The van der Waals surface area contributed by atoms with E-state index in [2.05, 4.69) is 42.3 Å². The summed E-state index contributed by atoms with van der Waals surface area (Å²) in [7, 11) is 0. The van der Waals surface area contributed by atoms with Gasteiger partial charge >= 0.3 is 0 Å². The van der Waals surface area contributed by atoms with Crippen molar-refractivity contribution in [1.29, 1.82) is 0 Å². The minimum atomic E-state index is -0.869. The van der Waals surface area contributed by atoms with E-state index in [9.17, 15) is 9.90 Å². The van der Waals surface area contributed by atoms with Crippen LogP contribution in [0.3, 0.4) is 0 Å². The SMILES string of the molecule is Cc1ccc(CN2CCC(O)(c3ccc4oc(C(=O)NC[C@@H]5CCCO5)cc4c3)CC2)c(C)c1. The third-order valence-corrected chi connectivity index (χ3v) is 7.37. The van der Waals surface area contributed by atoms with Gasteiger partial charge in [-0.05, 0) is 74.4 Å². The van der Waals surface area contributed by atoms with Crippen LogP contribution < -0.4 is 5.32 Å². The predicted octanol–water partition coefficient (Wildman–Crippen LogP) is 4.44. The molecule has 2 saturated heterocycles. The van der Waals surface area contributed by atoms with E-state index >= 15 is 0 Å². The Morgan fingerprint density at radius 3 is 2.71 bits per heavy atom. The van der Waals surface area contributed by atoms with Crippen LogP contribution in [-0.2, 0) is 16.9 Å². The maximum Gasteiger partial charge on any atom is 0.287 e. The first-order valence-electron chi connectivity index (χ1n) is 12.3. The summed E-state index contributed by atoms with van der Waals surface area (Å²) in [5.41, 5.74) is 4.63. The molecule has 0 unspecified atom stereocenters. The van der Waals surface area contributed by atoms with Crippen molar-refractivity contribution in [2.24, 2.45) is 0 Å². The molecule has 1 atom stereocenters. The number of fused-ring (bicyclic) bond motifs is 1. The molecule has 3 heterocycles. The lowest BCUT2D eigenvalue weighted by atomic mass is 9.84. The summed E-state index contributed by atoms with van der Waals surface area (Å²) in [6.07, 6.45) is 3.46. The summed E-state index contributed by atoms with van der Waals surface area (Å²) in [4.78, 5) is 14.9. The number of hydrogen-bond donors (Lipinski definition) is 2. The average molecular weight is 463 g/mol. The summed E-state index contributed by atoms with van der Waals surface area (Å²) >= 11 is 0. The molecule has 0 bridgehead atoms. The number of aliphatic hydroxyl groups is 1. The number of aryl methyl sites for hydroxylation is 2. The maximum absolute atomic E-state index is 12.5. The van der Waals surface area contributed by atoms with Crippen LogP contribution in [0.2, 0.25) is 0 Å². The van der Waals surface area contributed by atoms with E-state index < -0.39 is 5.60 Å². The van der Waals surface area contributed by atoms with Crippen LogP contribution in [0.4, 0.5) is 0 Å². The minimum Gasteiger partial charge on any atom is -0.451 e. The quantitative estimate of drug-likeness (QED) is 0.566. The fourth-order valence-corrected chi connectivity index (χ4v) is 5.18. The Morgan fingerprint density at radius 2 is 1.97 bits per heavy atom. The number of carbonyl (C=O) groups is 1. The molecule has 1 amide bonds. The molecule has 0 saturated carbocycles. The number of rotatable bonds is 6. The van der Waals surface area contributed by atoms with Gasteiger partial charge in [0.15, 0.2) is 5.76 Å². The van der Waals surface area contributed by atoms with Crippen molar-refractivity contribution in [1.82, 2.24) is 10.2 Å². The molecule has 2 aliphatic heterocycles. The molecule has 0 aliphatic carbocycles. The highest BCUT2D eigenvalue weighted by Gasteiger charge is 2.34. The highest BCUT2D eigenvalue weighted by atomic mass is 16.5. The Bertz CT molecular complexity index is 1170. The van der Waals surface area contributed by atoms with E-state index in [1.54, 1.807) is 6.07 Å². The van der Waals surface area contributed by atoms with Crippen LogP contribution in [0.5, 0.6) is 0 Å². The van der Waals surface area contributed by atoms with Crippen LogP contribution in [0.15, 0.2) is 46.9 Å². The van der Waals surface area contributed by atoms with Crippen LogP contribution in [0, 0.1) is 13.8 Å². The molecule has 34 heavy (non-hydrogen) atoms. The molecule has 6 nitrogen and oxygen atoms in total. The summed E-state index contributed by atoms with van der Waals surface area (Å²) in [5.74, 6) is 0.0621. The van der Waals surface area contributed by atoms with Gasteiger partial charge < -0.3 is 19.6 Å². The lowest BCUT2D eigenvalue weighted by molar-refractivity contribution is -0.0276. The van der Waals surface area contributed by atoms with Crippen LogP contribution in [0.25, 0.3) is 11.0 Å². The number of likely N-dealkylation sites (tertiary alicyclic amines) is 1. The number of hydrogen-bond acceptors (Lipinski definition) is 5. The molecule has 2 N–H and O–H groups in total. The van der Waals surface area contributed by atoms with E-state index in [0.29, 0.717) is 30.7 Å². The van der Waals surface area contributed by atoms with Gasteiger partial charge in [-0.3, -0.25) is 9.69 Å². The highest BCUT2D eigenvalue weighted by molar-refractivity contribution is 5.96. The summed E-state index contributed by atoms with van der Waals surface area (Å²) in [6.45, 7) is 8.14. The number of benzene rings is 2. The second-order valence-electron chi connectivity index (χ2n) is 9.95. The number of nitrogens with one attached hydrogen (secondary N) is 1. The van der Waals surface area contributed by atoms with Gasteiger partial charge in [-0.25, -0.2) is 0 Å². The van der Waals surface area contributed by atoms with Gasteiger partial charge in [-0.1, -0.05) is 29.8 Å². The molecule has 2 aliphatic rings. The smallest absolute Gasteiger partial charge is 0.287 e. The Balaban J connectivity index is 1.23. The molecule has 0 spiro atoms. The largest absolute Gasteiger partial charge is 0.451 e. The van der Waals surface area contributed by atoms with E-state index in [4.69, 9.17) is 9.15 Å². The third kappa shape index (κ3) is 4.90. The van der Waals surface area contributed by atoms with Gasteiger partial charge in [0.25, 0.3) is 5.91 Å². The van der Waals surface area contributed by atoms with E-state index in [0.717, 1.165) is 50.0 Å². The predicted molar refractivity (Wildman–Crippen MR) is 132 cm³/mol. The minimum absolute atomic E-state index is 0.0926. The Labute approximate surface area is 200 Å². The molecular formula is C28H34N2O4. The molecule has 180 valence electrons. The van der Waals surface area contributed by atoms with Crippen molar-refractivity contribution < 1.29 is 19.1 Å². The monoisotopic (exact) mass is 462 g/mol. The maximum atomic E-state index is 12.5. The van der Waals surface area contributed by atoms with Gasteiger partial charge in [-0.2, -0.15) is 0 Å². The van der Waals surface area contributed by atoms with Crippen LogP contribution >= 0.6 is 0 Å². The number of carbonyl (C=O) groups excluding carboxylic acids is 1. The van der Waals surface area contributed by atoms with Crippen molar-refractivity contribution in [3.63, 3.8) is 0 Å². The molecule has 6 heteroatoms. The Hall–Kier alpha value is -2.67. The first-order chi connectivity index (χ1) is 16.4. The number of amides is 1. The van der Waals surface area contributed by atoms with Gasteiger partial charge in [0.2, 0.25) is 0 Å². The second-order valence-corrected chi connectivity index (χ2v) is 9.95. The van der Waals surface area contributed by atoms with Crippen molar-refractivity contribution >= 4 is 16.9 Å². The van der Waals surface area contributed by atoms with Gasteiger partial charge in [0.1, 0.15) is 5.58 Å². The second kappa shape index (κ2) is 9.53. The van der Waals surface area contributed by atoms with E-state index in [1.807, 2.05) is 18.2 Å². The van der Waals surface area contributed by atoms with Crippen LogP contribution in [-0.4, -0.2) is 48.3 Å². The molecule has 2 aromatic carbocycles. The summed E-state index contributed by atoms with van der Waals surface area (Å²) in [6, 6.07) is 14.1. The number of ether oxygens (including phenoxy) is 1. The van der Waals surface area contributed by atoms with Gasteiger partial charge in [0.05, 0.1) is 11.7 Å². The van der Waals surface area contributed by atoms with Gasteiger partial charge in [-0.15, -0.1) is 0 Å². The molecule has 3 aromatic rings. The zero-order chi connectivity index (χ0) is 23.7. The topological polar surface area (TPSA) is 74.9 Å². The van der Waals surface area contributed by atoms with E-state index in [-0.39, 0.29) is 12.0 Å². The molecule has 0 radical (unpaired) electrons. The summed E-state index contributed by atoms with van der Waals surface area (Å²) in [5, 5.41) is 15.2. The first kappa shape index (κ1) is 23.1. The van der Waals surface area contributed by atoms with Crippen molar-refractivity contribution in [2.75, 3.05) is 26.2 Å². The molecular weight excluding hydrogens is 428 g/mol. The lowest BCUT2D eigenvalue weighted by Gasteiger charge is -2.38. The summed E-state index contributed by atoms with van der Waals surface area (Å²) < 4.78 is 11.3. The van der Waals surface area contributed by atoms with Crippen molar-refractivity contribution in [2.45, 2.75) is 57.8 Å². The zero-order valence-corrected chi connectivity index (χ0v) is 20.1. The third-order valence-electron chi connectivity index (χ3n) is 7.37. The number of piperidine rings is 1. The van der Waals surface area contributed by atoms with E-state index in [1.165, 1.54) is 16.7 Å². The van der Waals surface area contributed by atoms with Crippen molar-refractivity contribution in [3.05, 3.63) is 70.5 Å². The molecule has 1 aromatic heterocycles. The zero-order valence-electron chi connectivity index (χ0n) is 20.1. The average Bonchev–Trinajstić information content (AvgIpc) is 3.50. The highest BCUT2D eigenvalue weighted by Crippen LogP contribution is 2.35. The fourth-order valence-electron chi connectivity index (χ4n) is 5.18.